The number of rotatable bonds is 6. The first kappa shape index (κ1) is 17.5. The van der Waals surface area contributed by atoms with E-state index in [9.17, 15) is 9.18 Å². The van der Waals surface area contributed by atoms with E-state index < -0.39 is 5.97 Å². The quantitative estimate of drug-likeness (QED) is 0.343. The Morgan fingerprint density at radius 2 is 1.77 bits per heavy atom. The van der Waals surface area contributed by atoms with Crippen LogP contribution in [0.1, 0.15) is 10.4 Å². The van der Waals surface area contributed by atoms with Gasteiger partial charge >= 0.3 is 5.97 Å². The highest BCUT2D eigenvalue weighted by molar-refractivity contribution is 14.1. The van der Waals surface area contributed by atoms with Crippen LogP contribution in [0.15, 0.2) is 48.5 Å². The number of hydrogen-bond acceptors (Lipinski definition) is 3. The van der Waals surface area contributed by atoms with Crippen molar-refractivity contribution < 1.29 is 13.9 Å². The number of carbonyl (C=O) groups excluding carboxylic acids is 1. The van der Waals surface area contributed by atoms with Gasteiger partial charge in [-0.1, -0.05) is 22.6 Å². The van der Waals surface area contributed by atoms with Gasteiger partial charge in [-0.05, 0) is 71.1 Å². The Bertz CT molecular complexity index is 617. The molecule has 1 atom stereocenters. The second-order valence-corrected chi connectivity index (χ2v) is 6.70. The van der Waals surface area contributed by atoms with Gasteiger partial charge in [0.1, 0.15) is 11.9 Å². The highest BCUT2D eigenvalue weighted by Crippen LogP contribution is 2.13. The lowest BCUT2D eigenvalue weighted by atomic mass is 10.2. The van der Waals surface area contributed by atoms with Crippen LogP contribution in [-0.4, -0.2) is 23.0 Å². The zero-order valence-electron chi connectivity index (χ0n) is 11.6. The van der Waals surface area contributed by atoms with Gasteiger partial charge in [-0.2, -0.15) is 0 Å². The van der Waals surface area contributed by atoms with Crippen molar-refractivity contribution in [3.63, 3.8) is 0 Å². The highest BCUT2D eigenvalue weighted by Gasteiger charge is 2.15. The van der Waals surface area contributed by atoms with Gasteiger partial charge in [-0.15, -0.1) is 0 Å². The Kier molecular flexibility index (Phi) is 6.87. The van der Waals surface area contributed by atoms with Crippen molar-refractivity contribution in [3.05, 3.63) is 63.5 Å². The molecule has 1 unspecified atom stereocenters. The molecule has 0 aliphatic carbocycles. The van der Waals surface area contributed by atoms with Crippen molar-refractivity contribution in [1.29, 1.82) is 0 Å². The molecule has 0 saturated carbocycles. The maximum atomic E-state index is 12.9. The van der Waals surface area contributed by atoms with Crippen molar-refractivity contribution in [1.82, 2.24) is 0 Å². The van der Waals surface area contributed by atoms with Gasteiger partial charge in [0.15, 0.2) is 0 Å². The second kappa shape index (κ2) is 8.66. The molecule has 0 heterocycles. The van der Waals surface area contributed by atoms with E-state index in [1.807, 2.05) is 24.3 Å². The van der Waals surface area contributed by atoms with Crippen molar-refractivity contribution in [2.24, 2.45) is 0 Å². The summed E-state index contributed by atoms with van der Waals surface area (Å²) in [5, 5.41) is 3.24. The Morgan fingerprint density at radius 1 is 1.14 bits per heavy atom. The van der Waals surface area contributed by atoms with Crippen LogP contribution in [0, 0.1) is 9.39 Å². The number of nitrogens with one attached hydrogen (secondary N) is 1. The average Bonchev–Trinajstić information content (AvgIpc) is 2.53. The molecule has 0 bridgehead atoms. The molecule has 0 aromatic heterocycles. The Labute approximate surface area is 155 Å². The molecule has 0 fully saturated rings. The van der Waals surface area contributed by atoms with Crippen molar-refractivity contribution in [3.8, 4) is 0 Å². The van der Waals surface area contributed by atoms with Gasteiger partial charge in [0.25, 0.3) is 0 Å². The Balaban J connectivity index is 1.90. The number of benzene rings is 2. The third-order valence-corrected chi connectivity index (χ3v) is 4.61. The molecule has 116 valence electrons. The molecule has 0 radical (unpaired) electrons. The molecule has 2 rings (SSSR count). The first-order chi connectivity index (χ1) is 10.6. The van der Waals surface area contributed by atoms with Crippen molar-refractivity contribution >= 4 is 56.8 Å². The van der Waals surface area contributed by atoms with Gasteiger partial charge in [-0.25, -0.2) is 9.18 Å². The van der Waals surface area contributed by atoms with Crippen LogP contribution < -0.4 is 5.32 Å². The zero-order valence-corrected chi connectivity index (χ0v) is 15.9. The van der Waals surface area contributed by atoms with Crippen molar-refractivity contribution in [2.75, 3.05) is 16.3 Å². The molecule has 1 N–H and O–H groups in total. The summed E-state index contributed by atoms with van der Waals surface area (Å²) in [7, 11) is 0. The summed E-state index contributed by atoms with van der Waals surface area (Å²) >= 11 is 4.42. The van der Waals surface area contributed by atoms with Gasteiger partial charge in [0.05, 0.1) is 12.1 Å². The molecule has 0 saturated heterocycles. The van der Waals surface area contributed by atoms with Crippen LogP contribution in [0.3, 0.4) is 0 Å². The molecular weight excluding hydrogens is 511 g/mol. The normalized spacial score (nSPS) is 11.8. The van der Waals surface area contributed by atoms with E-state index in [1.165, 1.54) is 24.3 Å². The molecule has 2 aromatic rings. The largest absolute Gasteiger partial charge is 0.456 e. The van der Waals surface area contributed by atoms with Crippen LogP contribution >= 0.6 is 45.2 Å². The third kappa shape index (κ3) is 5.38. The van der Waals surface area contributed by atoms with E-state index in [4.69, 9.17) is 4.74 Å². The summed E-state index contributed by atoms with van der Waals surface area (Å²) in [6.07, 6.45) is -0.252. The molecular formula is C16H14FI2NO2. The molecule has 0 amide bonds. The Morgan fingerprint density at radius 3 is 2.36 bits per heavy atom. The summed E-state index contributed by atoms with van der Waals surface area (Å²) in [4.78, 5) is 12.0. The second-order valence-electron chi connectivity index (χ2n) is 4.58. The molecule has 0 aliphatic heterocycles. The molecule has 3 nitrogen and oxygen atoms in total. The number of hydrogen-bond donors (Lipinski definition) is 1. The zero-order chi connectivity index (χ0) is 15.9. The number of carbonyl (C=O) groups is 1. The summed E-state index contributed by atoms with van der Waals surface area (Å²) in [5.74, 6) is -0.812. The van der Waals surface area contributed by atoms with E-state index in [1.54, 1.807) is 0 Å². The lowest BCUT2D eigenvalue weighted by Crippen LogP contribution is -2.27. The fourth-order valence-corrected chi connectivity index (χ4v) is 2.58. The minimum atomic E-state index is -0.439. The maximum Gasteiger partial charge on any atom is 0.338 e. The predicted molar refractivity (Wildman–Crippen MR) is 102 cm³/mol. The smallest absolute Gasteiger partial charge is 0.338 e. The number of halogens is 3. The van der Waals surface area contributed by atoms with E-state index >= 15 is 0 Å². The predicted octanol–water partition coefficient (Wildman–Crippen LogP) is 4.50. The first-order valence-corrected chi connectivity index (χ1v) is 9.21. The van der Waals surface area contributed by atoms with Gasteiger partial charge in [0.2, 0.25) is 0 Å². The lowest BCUT2D eigenvalue weighted by molar-refractivity contribution is 0.0380. The van der Waals surface area contributed by atoms with E-state index in [0.717, 1.165) is 9.26 Å². The lowest BCUT2D eigenvalue weighted by Gasteiger charge is -2.17. The number of alkyl halides is 1. The fraction of sp³-hybridized carbons (Fsp3) is 0.188. The summed E-state index contributed by atoms with van der Waals surface area (Å²) < 4.78 is 20.1. The minimum Gasteiger partial charge on any atom is -0.456 e. The maximum absolute atomic E-state index is 12.9. The summed E-state index contributed by atoms with van der Waals surface area (Å²) in [5.41, 5.74) is 1.33. The minimum absolute atomic E-state index is 0.252. The average molecular weight is 525 g/mol. The van der Waals surface area contributed by atoms with Crippen LogP contribution in [0.4, 0.5) is 10.1 Å². The van der Waals surface area contributed by atoms with E-state index in [-0.39, 0.29) is 11.9 Å². The van der Waals surface area contributed by atoms with Gasteiger partial charge in [-0.3, -0.25) is 0 Å². The molecule has 22 heavy (non-hydrogen) atoms. The summed E-state index contributed by atoms with van der Waals surface area (Å²) in [6, 6.07) is 13.3. The van der Waals surface area contributed by atoms with Gasteiger partial charge in [0, 0.05) is 13.7 Å². The third-order valence-electron chi connectivity index (χ3n) is 2.90. The molecule has 0 aliphatic rings. The summed E-state index contributed by atoms with van der Waals surface area (Å²) in [6.45, 7) is 0.524. The number of ether oxygens (including phenoxy) is 1. The monoisotopic (exact) mass is 525 g/mol. The topological polar surface area (TPSA) is 38.3 Å². The first-order valence-electron chi connectivity index (χ1n) is 6.60. The van der Waals surface area contributed by atoms with Crippen LogP contribution in [0.2, 0.25) is 0 Å². The van der Waals surface area contributed by atoms with E-state index in [0.29, 0.717) is 16.5 Å². The molecule has 6 heteroatoms. The van der Waals surface area contributed by atoms with E-state index in [2.05, 4.69) is 50.5 Å². The standard InChI is InChI=1S/C16H14FI2NO2/c17-12-3-1-11(2-4-12)16(21)22-15(9-18)10-20-14-7-5-13(19)6-8-14/h1-8,15,20H,9-10H2. The SMILES string of the molecule is O=C(OC(CI)CNc1ccc(I)cc1)c1ccc(F)cc1. The fourth-order valence-electron chi connectivity index (χ4n) is 1.73. The number of anilines is 1. The molecule has 0 spiro atoms. The molecule has 2 aromatic carbocycles. The van der Waals surface area contributed by atoms with Gasteiger partial charge < -0.3 is 10.1 Å². The van der Waals surface area contributed by atoms with Crippen LogP contribution in [-0.2, 0) is 4.74 Å². The number of esters is 1. The van der Waals surface area contributed by atoms with Crippen LogP contribution in [0.25, 0.3) is 0 Å². The highest BCUT2D eigenvalue weighted by atomic mass is 127. The van der Waals surface area contributed by atoms with Crippen molar-refractivity contribution in [2.45, 2.75) is 6.10 Å². The Hall–Kier alpha value is -0.900. The van der Waals surface area contributed by atoms with Crippen LogP contribution in [0.5, 0.6) is 0 Å².